The Morgan fingerprint density at radius 1 is 1.04 bits per heavy atom. The minimum absolute atomic E-state index is 0.0126. The Morgan fingerprint density at radius 3 is 2.44 bits per heavy atom. The fourth-order valence-corrected chi connectivity index (χ4v) is 4.28. The third-order valence-corrected chi connectivity index (χ3v) is 6.05. The smallest absolute Gasteiger partial charge is 0.317 e. The molecule has 2 aliphatic heterocycles. The molecule has 2 N–H and O–H groups in total. The van der Waals surface area contributed by atoms with E-state index >= 15 is 0 Å². The molecule has 1 atom stereocenters. The van der Waals surface area contributed by atoms with Crippen LogP contribution < -0.4 is 5.32 Å². The van der Waals surface area contributed by atoms with Crippen molar-refractivity contribution in [2.45, 2.75) is 49.7 Å². The number of hydrogen-bond donors (Lipinski definition) is 2. The van der Waals surface area contributed by atoms with Crippen LogP contribution >= 0.6 is 0 Å². The lowest BCUT2D eigenvalue weighted by atomic mass is 9.93. The molecule has 136 valence electrons. The van der Waals surface area contributed by atoms with Crippen molar-refractivity contribution in [2.24, 2.45) is 0 Å². The van der Waals surface area contributed by atoms with Crippen molar-refractivity contribution in [3.63, 3.8) is 0 Å². The Labute approximate surface area is 150 Å². The van der Waals surface area contributed by atoms with Gasteiger partial charge in [-0.2, -0.15) is 0 Å². The number of carbonyl (C=O) groups is 1. The number of likely N-dealkylation sites (tertiary alicyclic amines) is 2. The molecule has 1 saturated carbocycles. The number of urea groups is 1. The van der Waals surface area contributed by atoms with Gasteiger partial charge in [0.25, 0.3) is 0 Å². The first kappa shape index (κ1) is 16.9. The van der Waals surface area contributed by atoms with E-state index < -0.39 is 5.60 Å². The van der Waals surface area contributed by atoms with Gasteiger partial charge in [0.2, 0.25) is 0 Å². The molecule has 4 rings (SSSR count). The van der Waals surface area contributed by atoms with Gasteiger partial charge in [0.05, 0.1) is 12.1 Å². The maximum Gasteiger partial charge on any atom is 0.317 e. The Hall–Kier alpha value is -1.59. The molecule has 0 spiro atoms. The van der Waals surface area contributed by atoms with Gasteiger partial charge in [-0.1, -0.05) is 36.8 Å². The topological polar surface area (TPSA) is 55.8 Å². The van der Waals surface area contributed by atoms with Gasteiger partial charge in [0, 0.05) is 13.1 Å². The van der Waals surface area contributed by atoms with Gasteiger partial charge >= 0.3 is 6.03 Å². The molecule has 5 nitrogen and oxygen atoms in total. The third-order valence-electron chi connectivity index (χ3n) is 6.05. The van der Waals surface area contributed by atoms with Gasteiger partial charge in [-0.15, -0.1) is 0 Å². The highest BCUT2D eigenvalue weighted by atomic mass is 16.3. The SMILES string of the molecule is O=C(NC1(CN2CCCCC2)CC1)N1CC[C@@](O)(c2ccccc2)C1. The second kappa shape index (κ2) is 6.61. The van der Waals surface area contributed by atoms with Crippen LogP contribution in [0.15, 0.2) is 30.3 Å². The minimum atomic E-state index is -0.914. The van der Waals surface area contributed by atoms with Crippen LogP contribution in [-0.4, -0.2) is 59.2 Å². The first-order valence-electron chi connectivity index (χ1n) is 9.66. The molecule has 25 heavy (non-hydrogen) atoms. The number of aliphatic hydroxyl groups is 1. The van der Waals surface area contributed by atoms with Gasteiger partial charge in [0.1, 0.15) is 5.60 Å². The van der Waals surface area contributed by atoms with E-state index in [9.17, 15) is 9.90 Å². The minimum Gasteiger partial charge on any atom is -0.383 e. The maximum absolute atomic E-state index is 12.7. The van der Waals surface area contributed by atoms with E-state index in [1.54, 1.807) is 4.90 Å². The number of amides is 2. The van der Waals surface area contributed by atoms with Crippen molar-refractivity contribution >= 4 is 6.03 Å². The van der Waals surface area contributed by atoms with Crippen LogP contribution in [0.2, 0.25) is 0 Å². The van der Waals surface area contributed by atoms with E-state index in [-0.39, 0.29) is 11.6 Å². The van der Waals surface area contributed by atoms with Gasteiger partial charge in [-0.05, 0) is 50.8 Å². The molecule has 0 bridgehead atoms. The van der Waals surface area contributed by atoms with Crippen molar-refractivity contribution < 1.29 is 9.90 Å². The predicted octanol–water partition coefficient (Wildman–Crippen LogP) is 2.31. The van der Waals surface area contributed by atoms with E-state index in [0.29, 0.717) is 19.5 Å². The Balaban J connectivity index is 1.34. The summed E-state index contributed by atoms with van der Waals surface area (Å²) >= 11 is 0. The highest BCUT2D eigenvalue weighted by Crippen LogP contribution is 2.38. The van der Waals surface area contributed by atoms with E-state index in [1.807, 2.05) is 30.3 Å². The number of rotatable bonds is 4. The quantitative estimate of drug-likeness (QED) is 0.882. The molecule has 0 unspecified atom stereocenters. The number of nitrogens with one attached hydrogen (secondary N) is 1. The summed E-state index contributed by atoms with van der Waals surface area (Å²) in [4.78, 5) is 17.0. The number of nitrogens with zero attached hydrogens (tertiary/aromatic N) is 2. The normalized spacial score (nSPS) is 28.8. The zero-order valence-electron chi connectivity index (χ0n) is 14.9. The van der Waals surface area contributed by atoms with Crippen LogP contribution in [0.3, 0.4) is 0 Å². The largest absolute Gasteiger partial charge is 0.383 e. The van der Waals surface area contributed by atoms with Gasteiger partial charge in [-0.25, -0.2) is 4.79 Å². The molecule has 2 amide bonds. The summed E-state index contributed by atoms with van der Waals surface area (Å²) in [6.45, 7) is 4.29. The highest BCUT2D eigenvalue weighted by molar-refractivity contribution is 5.76. The zero-order chi connectivity index (χ0) is 17.3. The Kier molecular flexibility index (Phi) is 4.46. The summed E-state index contributed by atoms with van der Waals surface area (Å²) in [5, 5.41) is 14.2. The van der Waals surface area contributed by atoms with Crippen LogP contribution in [0, 0.1) is 0 Å². The molecule has 1 aromatic carbocycles. The lowest BCUT2D eigenvalue weighted by Crippen LogP contribution is -2.51. The van der Waals surface area contributed by atoms with Gasteiger partial charge in [-0.3, -0.25) is 0 Å². The fourth-order valence-electron chi connectivity index (χ4n) is 4.28. The van der Waals surface area contributed by atoms with Crippen molar-refractivity contribution in [1.29, 1.82) is 0 Å². The summed E-state index contributed by atoms with van der Waals surface area (Å²) < 4.78 is 0. The number of piperidine rings is 1. The van der Waals surface area contributed by atoms with Crippen LogP contribution in [0.4, 0.5) is 4.79 Å². The lowest BCUT2D eigenvalue weighted by Gasteiger charge is -2.32. The molecule has 1 aliphatic carbocycles. The van der Waals surface area contributed by atoms with E-state index in [2.05, 4.69) is 10.2 Å². The summed E-state index contributed by atoms with van der Waals surface area (Å²) in [6, 6.07) is 9.70. The van der Waals surface area contributed by atoms with Crippen molar-refractivity contribution in [3.05, 3.63) is 35.9 Å². The van der Waals surface area contributed by atoms with Crippen LogP contribution in [-0.2, 0) is 5.60 Å². The van der Waals surface area contributed by atoms with Crippen LogP contribution in [0.25, 0.3) is 0 Å². The summed E-state index contributed by atoms with van der Waals surface area (Å²) in [5.74, 6) is 0. The number of carbonyl (C=O) groups excluding carboxylic acids is 1. The van der Waals surface area contributed by atoms with Gasteiger partial charge < -0.3 is 20.2 Å². The molecule has 0 aromatic heterocycles. The van der Waals surface area contributed by atoms with Crippen LogP contribution in [0.1, 0.15) is 44.1 Å². The molecule has 3 aliphatic rings. The number of β-amino-alcohol motifs (C(OH)–C–C–N with tert-alkyl or cyclic N) is 1. The molecular weight excluding hydrogens is 314 g/mol. The first-order valence-corrected chi connectivity index (χ1v) is 9.66. The number of hydrogen-bond acceptors (Lipinski definition) is 3. The molecule has 2 heterocycles. The van der Waals surface area contributed by atoms with E-state index in [1.165, 1.54) is 19.3 Å². The Bertz CT molecular complexity index is 611. The number of benzene rings is 1. The second-order valence-electron chi connectivity index (χ2n) is 8.12. The van der Waals surface area contributed by atoms with Crippen LogP contribution in [0.5, 0.6) is 0 Å². The first-order chi connectivity index (χ1) is 12.1. The zero-order valence-corrected chi connectivity index (χ0v) is 14.9. The average molecular weight is 343 g/mol. The monoisotopic (exact) mass is 343 g/mol. The lowest BCUT2D eigenvalue weighted by molar-refractivity contribution is 0.0490. The van der Waals surface area contributed by atoms with Crippen molar-refractivity contribution in [2.75, 3.05) is 32.7 Å². The molecule has 5 heteroatoms. The summed E-state index contributed by atoms with van der Waals surface area (Å²) in [7, 11) is 0. The molecule has 1 aromatic rings. The van der Waals surface area contributed by atoms with E-state index in [4.69, 9.17) is 0 Å². The van der Waals surface area contributed by atoms with Crippen molar-refractivity contribution in [3.8, 4) is 0 Å². The highest BCUT2D eigenvalue weighted by Gasteiger charge is 2.47. The van der Waals surface area contributed by atoms with E-state index in [0.717, 1.165) is 38.0 Å². The predicted molar refractivity (Wildman–Crippen MR) is 97.3 cm³/mol. The Morgan fingerprint density at radius 2 is 1.76 bits per heavy atom. The molecule has 2 saturated heterocycles. The second-order valence-corrected chi connectivity index (χ2v) is 8.12. The summed E-state index contributed by atoms with van der Waals surface area (Å²) in [5.41, 5.74) is -0.0379. The third kappa shape index (κ3) is 3.67. The standard InChI is InChI=1S/C20H29N3O2/c24-18(21-19(9-10-19)15-22-12-5-2-6-13-22)23-14-11-20(25,16-23)17-7-3-1-4-8-17/h1,3-4,7-8,25H,2,5-6,9-16H2,(H,21,24)/t20-/m0/s1. The average Bonchev–Trinajstić information content (AvgIpc) is 3.25. The molecule has 3 fully saturated rings. The fraction of sp³-hybridized carbons (Fsp3) is 0.650. The summed E-state index contributed by atoms with van der Waals surface area (Å²) in [6.07, 6.45) is 6.64. The molecular formula is C20H29N3O2. The molecule has 0 radical (unpaired) electrons. The maximum atomic E-state index is 12.7. The van der Waals surface area contributed by atoms with Gasteiger partial charge in [0.15, 0.2) is 0 Å². The van der Waals surface area contributed by atoms with Crippen molar-refractivity contribution in [1.82, 2.24) is 15.1 Å².